The van der Waals surface area contributed by atoms with Gasteiger partial charge in [0.25, 0.3) is 0 Å². The topological polar surface area (TPSA) is 0 Å². The van der Waals surface area contributed by atoms with E-state index in [9.17, 15) is 0 Å². The van der Waals surface area contributed by atoms with Crippen molar-refractivity contribution in [3.8, 4) is 0 Å². The third-order valence-corrected chi connectivity index (χ3v) is 28.6. The Morgan fingerprint density at radius 3 is 1.21 bits per heavy atom. The average molecular weight is 633 g/mol. The van der Waals surface area contributed by atoms with Crippen LogP contribution >= 0.6 is 24.8 Å². The molecule has 0 amide bonds. The zero-order valence-corrected chi connectivity index (χ0v) is 27.5. The van der Waals surface area contributed by atoms with Crippen molar-refractivity contribution >= 4 is 42.4 Å². The number of hydrogen-bond acceptors (Lipinski definition) is 0. The van der Waals surface area contributed by atoms with E-state index in [2.05, 4.69) is 148 Å². The first kappa shape index (κ1) is 29.0. The van der Waals surface area contributed by atoms with Crippen LogP contribution in [-0.4, -0.2) is 5.43 Å². The molecule has 6 rings (SSSR count). The average Bonchev–Trinajstić information content (AvgIpc) is 3.45. The van der Waals surface area contributed by atoms with Crippen LogP contribution in [-0.2, 0) is 26.6 Å². The molecule has 0 aromatic heterocycles. The molecule has 0 bridgehead atoms. The number of hydrogen-bond donors (Lipinski definition) is 0. The molecule has 0 saturated heterocycles. The molecule has 4 aromatic rings. The molecule has 0 radical (unpaired) electrons. The summed E-state index contributed by atoms with van der Waals surface area (Å²) in [4.78, 5) is 0. The van der Waals surface area contributed by atoms with Crippen LogP contribution in [0.15, 0.2) is 109 Å². The molecule has 0 N–H and O–H groups in total. The van der Waals surface area contributed by atoms with Crippen molar-refractivity contribution < 1.29 is 20.4 Å². The molecular weight excluding hydrogens is 599 g/mol. The molecule has 4 heteroatoms. The maximum atomic E-state index is 2.64. The van der Waals surface area contributed by atoms with Crippen LogP contribution in [0.2, 0.25) is 13.1 Å². The fraction of sp³-hybridized carbons (Fsp3) is 0.176. The first-order valence-electron chi connectivity index (χ1n) is 12.9. The van der Waals surface area contributed by atoms with E-state index in [0.717, 1.165) is 0 Å². The van der Waals surface area contributed by atoms with Gasteiger partial charge >= 0.3 is 225 Å². The molecule has 2 unspecified atom stereocenters. The van der Waals surface area contributed by atoms with E-state index in [1.165, 1.54) is 44.5 Å². The SMILES string of the molecule is Cc1ccccc1[C]1([Zr](=[Si](C)C)[C]2(c3ccccc3C)C=Cc3ccccc32)C=Cc2ccccc21.Cl.Cl. The van der Waals surface area contributed by atoms with Gasteiger partial charge in [0.2, 0.25) is 0 Å². The first-order chi connectivity index (χ1) is 17.5. The van der Waals surface area contributed by atoms with Crippen molar-refractivity contribution in [2.24, 2.45) is 0 Å². The number of aryl methyl sites for hydroxylation is 2. The summed E-state index contributed by atoms with van der Waals surface area (Å²) in [7, 11) is 0. The van der Waals surface area contributed by atoms with Crippen LogP contribution in [0, 0.1) is 13.8 Å². The Bertz CT molecular complexity index is 1480. The number of allylic oxidation sites excluding steroid dienone is 2. The van der Waals surface area contributed by atoms with Gasteiger partial charge in [-0.2, -0.15) is 0 Å². The summed E-state index contributed by atoms with van der Waals surface area (Å²) in [5, 5.41) is 0. The van der Waals surface area contributed by atoms with E-state index >= 15 is 0 Å². The second kappa shape index (κ2) is 11.3. The normalized spacial score (nSPS) is 20.2. The van der Waals surface area contributed by atoms with E-state index in [4.69, 9.17) is 0 Å². The molecule has 0 aliphatic heterocycles. The standard InChI is InChI=1S/2C16H13.C2H6Si.2ClH.Zr/c2*1-12-6-2-4-8-14(12)16-11-10-13-7-3-5-9-15(13)16;1-3-2;;;/h2*2-11H,1H3;1-2H3;2*1H;. The first-order valence-corrected chi connectivity index (χ1v) is 21.5. The molecule has 0 fully saturated rings. The Morgan fingerprint density at radius 1 is 0.500 bits per heavy atom. The van der Waals surface area contributed by atoms with Crippen molar-refractivity contribution in [3.63, 3.8) is 0 Å². The van der Waals surface area contributed by atoms with Crippen molar-refractivity contribution in [1.82, 2.24) is 0 Å². The monoisotopic (exact) mass is 630 g/mol. The minimum atomic E-state index is -2.61. The number of benzene rings is 4. The van der Waals surface area contributed by atoms with Gasteiger partial charge in [-0.15, -0.1) is 24.8 Å². The Labute approximate surface area is 247 Å². The smallest absolute Gasteiger partial charge is 0.147 e. The molecule has 2 aliphatic carbocycles. The summed E-state index contributed by atoms with van der Waals surface area (Å²) in [6, 6.07) is 36.9. The van der Waals surface area contributed by atoms with Crippen LogP contribution in [0.3, 0.4) is 0 Å². The molecule has 0 spiro atoms. The van der Waals surface area contributed by atoms with Crippen LogP contribution in [0.25, 0.3) is 12.2 Å². The maximum absolute atomic E-state index is 2.64. The zero-order valence-electron chi connectivity index (χ0n) is 22.4. The molecule has 0 nitrogen and oxygen atoms in total. The predicted molar refractivity (Wildman–Crippen MR) is 167 cm³/mol. The molecule has 2 aliphatic rings. The molecule has 38 heavy (non-hydrogen) atoms. The number of rotatable bonds is 4. The van der Waals surface area contributed by atoms with Gasteiger partial charge in [-0.05, 0) is 0 Å². The molecule has 4 aromatic carbocycles. The third-order valence-electron chi connectivity index (χ3n) is 8.23. The second-order valence-corrected chi connectivity index (χ2v) is 28.5. The van der Waals surface area contributed by atoms with Gasteiger partial charge in [-0.25, -0.2) is 0 Å². The molecule has 192 valence electrons. The van der Waals surface area contributed by atoms with E-state index < -0.39 is 25.8 Å². The van der Waals surface area contributed by atoms with Gasteiger partial charge in [-0.3, -0.25) is 0 Å². The van der Waals surface area contributed by atoms with E-state index in [0.29, 0.717) is 0 Å². The zero-order chi connectivity index (χ0) is 24.9. The second-order valence-electron chi connectivity index (χ2n) is 10.5. The van der Waals surface area contributed by atoms with Gasteiger partial charge in [0, 0.05) is 0 Å². The molecular formula is C34H34Cl2SiZr. The quantitative estimate of drug-likeness (QED) is 0.197. The Balaban J connectivity index is 0.00000168. The Hall–Kier alpha value is -1.96. The summed E-state index contributed by atoms with van der Waals surface area (Å²) < 4.78 is -0.0436. The fourth-order valence-corrected chi connectivity index (χ4v) is 32.2. The maximum Gasteiger partial charge on any atom is -0.147 e. The van der Waals surface area contributed by atoms with Gasteiger partial charge in [0.1, 0.15) is 0 Å². The largest absolute Gasteiger partial charge is 0.147 e. The molecule has 2 atom stereocenters. The summed E-state index contributed by atoms with van der Waals surface area (Å²) in [5.74, 6) is 0. The summed E-state index contributed by atoms with van der Waals surface area (Å²) in [6.07, 6.45) is 10.1. The van der Waals surface area contributed by atoms with Crippen LogP contribution in [0.5, 0.6) is 0 Å². The van der Waals surface area contributed by atoms with Crippen molar-refractivity contribution in [3.05, 3.63) is 154 Å². The van der Waals surface area contributed by atoms with Gasteiger partial charge in [0.15, 0.2) is 0 Å². The van der Waals surface area contributed by atoms with Crippen LogP contribution in [0.4, 0.5) is 0 Å². The minimum Gasteiger partial charge on any atom is -0.147 e. The van der Waals surface area contributed by atoms with Crippen LogP contribution in [0.1, 0.15) is 44.5 Å². The molecule has 0 saturated carbocycles. The minimum absolute atomic E-state index is 0. The number of fused-ring (bicyclic) bond motifs is 2. The molecule has 0 heterocycles. The van der Waals surface area contributed by atoms with E-state index in [-0.39, 0.29) is 31.1 Å². The van der Waals surface area contributed by atoms with Gasteiger partial charge in [-0.1, -0.05) is 0 Å². The van der Waals surface area contributed by atoms with Crippen molar-refractivity contribution in [2.45, 2.75) is 33.2 Å². The van der Waals surface area contributed by atoms with Crippen LogP contribution < -0.4 is 0 Å². The Morgan fingerprint density at radius 2 is 0.842 bits per heavy atom. The summed E-state index contributed by atoms with van der Waals surface area (Å²) in [6.45, 7) is 9.87. The van der Waals surface area contributed by atoms with Crippen molar-refractivity contribution in [2.75, 3.05) is 0 Å². The fourth-order valence-electron chi connectivity index (χ4n) is 6.92. The summed E-state index contributed by atoms with van der Waals surface area (Å²) >= 11 is -2.61. The number of halogens is 2. The summed E-state index contributed by atoms with van der Waals surface area (Å²) in [5.41, 5.74) is 11.1. The van der Waals surface area contributed by atoms with E-state index in [1.54, 1.807) is 0 Å². The van der Waals surface area contributed by atoms with Gasteiger partial charge < -0.3 is 0 Å². The van der Waals surface area contributed by atoms with E-state index in [1.807, 2.05) is 0 Å². The van der Waals surface area contributed by atoms with Crippen molar-refractivity contribution in [1.29, 1.82) is 0 Å². The third kappa shape index (κ3) is 4.20. The van der Waals surface area contributed by atoms with Gasteiger partial charge in [0.05, 0.1) is 0 Å². The predicted octanol–water partition coefficient (Wildman–Crippen LogP) is 9.26. The Kier molecular flexibility index (Phi) is 8.61.